The van der Waals surface area contributed by atoms with Crippen LogP contribution in [0.4, 0.5) is 0 Å². The smallest absolute Gasteiger partial charge is 0.0655 e. The van der Waals surface area contributed by atoms with Crippen molar-refractivity contribution in [3.05, 3.63) is 0 Å². The molecule has 1 fully saturated rings. The van der Waals surface area contributed by atoms with Crippen LogP contribution in [0.1, 0.15) is 46.0 Å². The fraction of sp³-hybridized carbons (Fsp3) is 0.909. The molecule has 0 aromatic carbocycles. The lowest BCUT2D eigenvalue weighted by Gasteiger charge is -2.17. The highest BCUT2D eigenvalue weighted by atomic mass is 14.3. The molecular formula is C11H19N. The molecule has 1 nitrogen and oxygen atoms in total. The maximum absolute atomic E-state index is 8.79. The minimum atomic E-state index is 0.355. The van der Waals surface area contributed by atoms with Crippen LogP contribution in [-0.4, -0.2) is 0 Å². The van der Waals surface area contributed by atoms with E-state index in [1.165, 1.54) is 19.3 Å². The zero-order valence-corrected chi connectivity index (χ0v) is 8.21. The average molecular weight is 165 g/mol. The van der Waals surface area contributed by atoms with Crippen LogP contribution >= 0.6 is 0 Å². The van der Waals surface area contributed by atoms with Crippen LogP contribution < -0.4 is 0 Å². The van der Waals surface area contributed by atoms with E-state index in [1.807, 2.05) is 0 Å². The highest BCUT2D eigenvalue weighted by Crippen LogP contribution is 2.31. The van der Waals surface area contributed by atoms with Gasteiger partial charge in [-0.1, -0.05) is 26.7 Å². The van der Waals surface area contributed by atoms with E-state index >= 15 is 0 Å². The fourth-order valence-corrected chi connectivity index (χ4v) is 2.13. The fourth-order valence-electron chi connectivity index (χ4n) is 2.13. The first kappa shape index (κ1) is 9.58. The van der Waals surface area contributed by atoms with E-state index in [0.29, 0.717) is 5.92 Å². The summed E-state index contributed by atoms with van der Waals surface area (Å²) >= 11 is 0. The first-order valence-electron chi connectivity index (χ1n) is 5.13. The van der Waals surface area contributed by atoms with Crippen molar-refractivity contribution in [2.24, 2.45) is 17.8 Å². The maximum Gasteiger partial charge on any atom is 0.0655 e. The van der Waals surface area contributed by atoms with Gasteiger partial charge in [-0.25, -0.2) is 0 Å². The Balaban J connectivity index is 2.40. The third-order valence-electron chi connectivity index (χ3n) is 3.14. The third kappa shape index (κ3) is 2.52. The molecule has 0 aromatic rings. The molecule has 0 aliphatic heterocycles. The van der Waals surface area contributed by atoms with E-state index in [-0.39, 0.29) is 0 Å². The summed E-state index contributed by atoms with van der Waals surface area (Å²) < 4.78 is 0. The van der Waals surface area contributed by atoms with Gasteiger partial charge in [-0.15, -0.1) is 0 Å². The van der Waals surface area contributed by atoms with Gasteiger partial charge in [0.05, 0.1) is 6.07 Å². The summed E-state index contributed by atoms with van der Waals surface area (Å²) in [4.78, 5) is 0. The lowest BCUT2D eigenvalue weighted by molar-refractivity contribution is 0.340. The average Bonchev–Trinajstić information content (AvgIpc) is 2.28. The summed E-state index contributed by atoms with van der Waals surface area (Å²) in [5.41, 5.74) is 0. The molecule has 0 amide bonds. The second-order valence-corrected chi connectivity index (χ2v) is 4.34. The predicted octanol–water partition coefficient (Wildman–Crippen LogP) is 3.36. The molecule has 1 rings (SSSR count). The standard InChI is InChI=1S/C11H19N/c1-9(2)11-5-3-4-10(8-12)6-7-11/h9-11H,3-7H2,1-2H3/t10?,11-/m0/s1. The van der Waals surface area contributed by atoms with Crippen molar-refractivity contribution in [2.45, 2.75) is 46.0 Å². The summed E-state index contributed by atoms with van der Waals surface area (Å²) in [6.45, 7) is 4.61. The van der Waals surface area contributed by atoms with Crippen molar-refractivity contribution in [1.29, 1.82) is 5.26 Å². The van der Waals surface area contributed by atoms with Gasteiger partial charge in [0.1, 0.15) is 0 Å². The zero-order chi connectivity index (χ0) is 8.97. The van der Waals surface area contributed by atoms with Crippen LogP contribution in [0.5, 0.6) is 0 Å². The maximum atomic E-state index is 8.79. The van der Waals surface area contributed by atoms with Gasteiger partial charge >= 0.3 is 0 Å². The number of hydrogen-bond donors (Lipinski definition) is 0. The number of nitriles is 1. The summed E-state index contributed by atoms with van der Waals surface area (Å²) in [7, 11) is 0. The van der Waals surface area contributed by atoms with Gasteiger partial charge in [-0.2, -0.15) is 5.26 Å². The largest absolute Gasteiger partial charge is 0.198 e. The number of rotatable bonds is 1. The van der Waals surface area contributed by atoms with E-state index in [9.17, 15) is 0 Å². The Kier molecular flexibility index (Phi) is 3.59. The Hall–Kier alpha value is -0.510. The summed E-state index contributed by atoms with van der Waals surface area (Å²) in [6.07, 6.45) is 6.16. The van der Waals surface area contributed by atoms with Crippen molar-refractivity contribution in [1.82, 2.24) is 0 Å². The second-order valence-electron chi connectivity index (χ2n) is 4.34. The van der Waals surface area contributed by atoms with Crippen LogP contribution in [0.15, 0.2) is 0 Å². The van der Waals surface area contributed by atoms with Crippen molar-refractivity contribution in [2.75, 3.05) is 0 Å². The summed E-state index contributed by atoms with van der Waals surface area (Å²) in [5.74, 6) is 2.04. The van der Waals surface area contributed by atoms with Crippen molar-refractivity contribution in [3.63, 3.8) is 0 Å². The van der Waals surface area contributed by atoms with Gasteiger partial charge in [-0.05, 0) is 31.1 Å². The molecule has 0 spiro atoms. The lowest BCUT2D eigenvalue weighted by atomic mass is 9.88. The Morgan fingerprint density at radius 1 is 1.17 bits per heavy atom. The highest BCUT2D eigenvalue weighted by molar-refractivity contribution is 4.85. The molecule has 0 radical (unpaired) electrons. The third-order valence-corrected chi connectivity index (χ3v) is 3.14. The topological polar surface area (TPSA) is 23.8 Å². The number of nitrogens with zero attached hydrogens (tertiary/aromatic N) is 1. The molecule has 1 aliphatic rings. The van der Waals surface area contributed by atoms with Gasteiger partial charge in [0.25, 0.3) is 0 Å². The van der Waals surface area contributed by atoms with Gasteiger partial charge in [0, 0.05) is 5.92 Å². The Labute approximate surface area is 75.8 Å². The molecule has 68 valence electrons. The lowest BCUT2D eigenvalue weighted by Crippen LogP contribution is -2.07. The van der Waals surface area contributed by atoms with E-state index in [2.05, 4.69) is 19.9 Å². The molecule has 1 saturated carbocycles. The molecule has 1 unspecified atom stereocenters. The molecule has 12 heavy (non-hydrogen) atoms. The first-order chi connectivity index (χ1) is 5.74. The first-order valence-corrected chi connectivity index (χ1v) is 5.13. The van der Waals surface area contributed by atoms with Gasteiger partial charge in [0.15, 0.2) is 0 Å². The predicted molar refractivity (Wildman–Crippen MR) is 50.5 cm³/mol. The molecule has 1 heteroatoms. The molecule has 0 heterocycles. The molecule has 0 aromatic heterocycles. The summed E-state index contributed by atoms with van der Waals surface area (Å²) in [5, 5.41) is 8.79. The summed E-state index contributed by atoms with van der Waals surface area (Å²) in [6, 6.07) is 2.40. The van der Waals surface area contributed by atoms with Gasteiger partial charge < -0.3 is 0 Å². The normalized spacial score (nSPS) is 31.2. The van der Waals surface area contributed by atoms with E-state index in [1.54, 1.807) is 0 Å². The molecule has 0 bridgehead atoms. The molecular weight excluding hydrogens is 146 g/mol. The van der Waals surface area contributed by atoms with E-state index in [4.69, 9.17) is 5.26 Å². The van der Waals surface area contributed by atoms with Gasteiger partial charge in [0.2, 0.25) is 0 Å². The SMILES string of the molecule is CC(C)[C@H]1CCCC(C#N)CC1. The minimum absolute atomic E-state index is 0.355. The Morgan fingerprint density at radius 2 is 1.92 bits per heavy atom. The quantitative estimate of drug-likeness (QED) is 0.546. The molecule has 1 aliphatic carbocycles. The van der Waals surface area contributed by atoms with Crippen LogP contribution in [0.3, 0.4) is 0 Å². The van der Waals surface area contributed by atoms with Crippen molar-refractivity contribution in [3.8, 4) is 6.07 Å². The number of hydrogen-bond acceptors (Lipinski definition) is 1. The Bertz CT molecular complexity index is 166. The second kappa shape index (κ2) is 4.50. The Morgan fingerprint density at radius 3 is 2.50 bits per heavy atom. The molecule has 0 saturated heterocycles. The zero-order valence-electron chi connectivity index (χ0n) is 8.21. The molecule has 0 N–H and O–H groups in total. The van der Waals surface area contributed by atoms with E-state index in [0.717, 1.165) is 24.7 Å². The minimum Gasteiger partial charge on any atom is -0.198 e. The van der Waals surface area contributed by atoms with Crippen LogP contribution in [-0.2, 0) is 0 Å². The monoisotopic (exact) mass is 165 g/mol. The van der Waals surface area contributed by atoms with Crippen molar-refractivity contribution < 1.29 is 0 Å². The van der Waals surface area contributed by atoms with E-state index < -0.39 is 0 Å². The highest BCUT2D eigenvalue weighted by Gasteiger charge is 2.20. The van der Waals surface area contributed by atoms with Crippen LogP contribution in [0.2, 0.25) is 0 Å². The van der Waals surface area contributed by atoms with Crippen molar-refractivity contribution >= 4 is 0 Å². The van der Waals surface area contributed by atoms with Crippen LogP contribution in [0.25, 0.3) is 0 Å². The van der Waals surface area contributed by atoms with Crippen LogP contribution in [0, 0.1) is 29.1 Å². The molecule has 2 atom stereocenters. The van der Waals surface area contributed by atoms with Gasteiger partial charge in [-0.3, -0.25) is 0 Å².